The maximum atomic E-state index is 9.28. The zero-order valence-electron chi connectivity index (χ0n) is 12.9. The van der Waals surface area contributed by atoms with Crippen LogP contribution in [0.15, 0.2) is 42.5 Å². The van der Waals surface area contributed by atoms with E-state index in [1.54, 1.807) is 0 Å². The van der Waals surface area contributed by atoms with Crippen LogP contribution >= 0.6 is 0 Å². The largest absolute Gasteiger partial charge is 0.341 e. The van der Waals surface area contributed by atoms with Crippen molar-refractivity contribution in [2.75, 3.05) is 13.1 Å². The Hall–Kier alpha value is -2.64. The topological polar surface area (TPSA) is 55.7 Å². The molecule has 0 aliphatic carbocycles. The van der Waals surface area contributed by atoms with Gasteiger partial charge in [-0.2, -0.15) is 5.26 Å². The molecule has 1 N–H and O–H groups in total. The van der Waals surface area contributed by atoms with Crippen molar-refractivity contribution in [3.8, 4) is 17.2 Å². The molecular weight excluding hydrogens is 284 g/mol. The average Bonchev–Trinajstić information content (AvgIpc) is 3.23. The number of rotatable bonds is 3. The number of aromatic nitrogens is 2. The summed E-state index contributed by atoms with van der Waals surface area (Å²) in [5.74, 6) is 1.02. The highest BCUT2D eigenvalue weighted by Gasteiger charge is 2.14. The van der Waals surface area contributed by atoms with Crippen molar-refractivity contribution in [1.82, 2.24) is 14.9 Å². The third-order valence-electron chi connectivity index (χ3n) is 4.46. The van der Waals surface area contributed by atoms with E-state index in [-0.39, 0.29) is 0 Å². The van der Waals surface area contributed by atoms with Gasteiger partial charge in [-0.05, 0) is 55.3 Å². The molecule has 114 valence electrons. The minimum atomic E-state index is 0.694. The molecule has 0 amide bonds. The fourth-order valence-electron chi connectivity index (χ4n) is 3.29. The first-order valence-electron chi connectivity index (χ1n) is 8.04. The maximum Gasteiger partial charge on any atom is 0.121 e. The first kappa shape index (κ1) is 14.0. The second-order valence-corrected chi connectivity index (χ2v) is 6.06. The number of nitrogens with zero attached hydrogens (tertiary/aromatic N) is 3. The van der Waals surface area contributed by atoms with Gasteiger partial charge < -0.3 is 4.98 Å². The van der Waals surface area contributed by atoms with E-state index in [1.165, 1.54) is 12.8 Å². The Morgan fingerprint density at radius 3 is 2.78 bits per heavy atom. The standard InChI is InChI=1S/C19H18N4/c20-12-15-5-1-2-6-16(15)14-7-8-17-18(11-14)22-19(21-17)13-23-9-3-4-10-23/h1-2,5-8,11H,3-4,9-10,13H2,(H,21,22). The van der Waals surface area contributed by atoms with Gasteiger partial charge in [0.2, 0.25) is 0 Å². The van der Waals surface area contributed by atoms with Gasteiger partial charge in [0.15, 0.2) is 0 Å². The Balaban J connectivity index is 1.69. The molecule has 1 aromatic heterocycles. The number of likely N-dealkylation sites (tertiary alicyclic amines) is 1. The molecule has 4 heteroatoms. The molecule has 2 heterocycles. The van der Waals surface area contributed by atoms with E-state index >= 15 is 0 Å². The van der Waals surface area contributed by atoms with Crippen LogP contribution < -0.4 is 0 Å². The van der Waals surface area contributed by atoms with Gasteiger partial charge in [-0.1, -0.05) is 24.3 Å². The molecule has 2 aromatic carbocycles. The second-order valence-electron chi connectivity index (χ2n) is 6.06. The van der Waals surface area contributed by atoms with Crippen molar-refractivity contribution < 1.29 is 0 Å². The smallest absolute Gasteiger partial charge is 0.121 e. The summed E-state index contributed by atoms with van der Waals surface area (Å²) in [4.78, 5) is 10.6. The minimum Gasteiger partial charge on any atom is -0.341 e. The van der Waals surface area contributed by atoms with Crippen molar-refractivity contribution in [2.45, 2.75) is 19.4 Å². The van der Waals surface area contributed by atoms with Gasteiger partial charge in [-0.3, -0.25) is 4.90 Å². The molecule has 0 bridgehead atoms. The molecule has 0 spiro atoms. The third kappa shape index (κ3) is 2.71. The Bertz CT molecular complexity index is 882. The summed E-state index contributed by atoms with van der Waals surface area (Å²) in [7, 11) is 0. The second kappa shape index (κ2) is 5.86. The fraction of sp³-hybridized carbons (Fsp3) is 0.263. The predicted molar refractivity (Wildman–Crippen MR) is 90.8 cm³/mol. The van der Waals surface area contributed by atoms with Crippen molar-refractivity contribution in [1.29, 1.82) is 5.26 Å². The summed E-state index contributed by atoms with van der Waals surface area (Å²) < 4.78 is 0. The van der Waals surface area contributed by atoms with Gasteiger partial charge in [-0.15, -0.1) is 0 Å². The lowest BCUT2D eigenvalue weighted by Crippen LogP contribution is -2.19. The van der Waals surface area contributed by atoms with E-state index in [9.17, 15) is 5.26 Å². The Morgan fingerprint density at radius 2 is 1.96 bits per heavy atom. The number of aromatic amines is 1. The Kier molecular flexibility index (Phi) is 3.57. The molecule has 1 fully saturated rings. The van der Waals surface area contributed by atoms with Gasteiger partial charge in [0.05, 0.1) is 29.2 Å². The summed E-state index contributed by atoms with van der Waals surface area (Å²) >= 11 is 0. The highest BCUT2D eigenvalue weighted by molar-refractivity contribution is 5.83. The van der Waals surface area contributed by atoms with Crippen molar-refractivity contribution in [3.63, 3.8) is 0 Å². The molecule has 0 unspecified atom stereocenters. The quantitative estimate of drug-likeness (QED) is 0.802. The molecule has 0 atom stereocenters. The molecule has 23 heavy (non-hydrogen) atoms. The summed E-state index contributed by atoms with van der Waals surface area (Å²) in [6, 6.07) is 16.1. The average molecular weight is 302 g/mol. The number of H-pyrrole nitrogens is 1. The number of hydrogen-bond acceptors (Lipinski definition) is 3. The summed E-state index contributed by atoms with van der Waals surface area (Å²) in [5, 5.41) is 9.28. The lowest BCUT2D eigenvalue weighted by atomic mass is 10.0. The van der Waals surface area contributed by atoms with Gasteiger partial charge in [0.25, 0.3) is 0 Å². The van der Waals surface area contributed by atoms with Crippen LogP contribution in [0.2, 0.25) is 0 Å². The normalized spacial score (nSPS) is 15.1. The monoisotopic (exact) mass is 302 g/mol. The third-order valence-corrected chi connectivity index (χ3v) is 4.46. The fourth-order valence-corrected chi connectivity index (χ4v) is 3.29. The van der Waals surface area contributed by atoms with Crippen molar-refractivity contribution in [2.24, 2.45) is 0 Å². The SMILES string of the molecule is N#Cc1ccccc1-c1ccc2[nH]c(CN3CCCC3)nc2c1. The van der Waals surface area contributed by atoms with Crippen LogP contribution in [0.25, 0.3) is 22.2 Å². The van der Waals surface area contributed by atoms with Crippen LogP contribution in [-0.2, 0) is 6.54 Å². The summed E-state index contributed by atoms with van der Waals surface area (Å²) in [6.45, 7) is 3.22. The van der Waals surface area contributed by atoms with E-state index in [4.69, 9.17) is 4.98 Å². The lowest BCUT2D eigenvalue weighted by Gasteiger charge is -2.11. The molecular formula is C19H18N4. The number of nitrogens with one attached hydrogen (secondary N) is 1. The first-order chi connectivity index (χ1) is 11.3. The number of fused-ring (bicyclic) bond motifs is 1. The first-order valence-corrected chi connectivity index (χ1v) is 8.04. The van der Waals surface area contributed by atoms with Crippen molar-refractivity contribution >= 4 is 11.0 Å². The summed E-state index contributed by atoms with van der Waals surface area (Å²) in [5.41, 5.74) is 4.70. The van der Waals surface area contributed by atoms with Gasteiger partial charge in [0.1, 0.15) is 5.82 Å². The maximum absolute atomic E-state index is 9.28. The van der Waals surface area contributed by atoms with Crippen LogP contribution in [0.5, 0.6) is 0 Å². The van der Waals surface area contributed by atoms with E-state index < -0.39 is 0 Å². The lowest BCUT2D eigenvalue weighted by molar-refractivity contribution is 0.324. The Morgan fingerprint density at radius 1 is 1.13 bits per heavy atom. The van der Waals surface area contributed by atoms with Gasteiger partial charge >= 0.3 is 0 Å². The summed E-state index contributed by atoms with van der Waals surface area (Å²) in [6.07, 6.45) is 2.57. The molecule has 1 saturated heterocycles. The van der Waals surface area contributed by atoms with E-state index in [2.05, 4.69) is 34.2 Å². The van der Waals surface area contributed by atoms with Crippen LogP contribution in [-0.4, -0.2) is 28.0 Å². The van der Waals surface area contributed by atoms with E-state index in [0.717, 1.165) is 47.6 Å². The highest BCUT2D eigenvalue weighted by atomic mass is 15.2. The van der Waals surface area contributed by atoms with Crippen LogP contribution in [0, 0.1) is 11.3 Å². The van der Waals surface area contributed by atoms with Gasteiger partial charge in [0, 0.05) is 0 Å². The molecule has 1 aliphatic rings. The zero-order valence-corrected chi connectivity index (χ0v) is 12.9. The minimum absolute atomic E-state index is 0.694. The molecule has 4 rings (SSSR count). The molecule has 3 aromatic rings. The zero-order chi connectivity index (χ0) is 15.6. The van der Waals surface area contributed by atoms with Crippen LogP contribution in [0.1, 0.15) is 24.2 Å². The number of imidazole rings is 1. The molecule has 1 aliphatic heterocycles. The van der Waals surface area contributed by atoms with Crippen LogP contribution in [0.4, 0.5) is 0 Å². The molecule has 0 saturated carbocycles. The number of nitriles is 1. The van der Waals surface area contributed by atoms with Gasteiger partial charge in [-0.25, -0.2) is 4.98 Å². The Labute approximate surface area is 135 Å². The molecule has 0 radical (unpaired) electrons. The highest BCUT2D eigenvalue weighted by Crippen LogP contribution is 2.26. The number of benzene rings is 2. The van der Waals surface area contributed by atoms with Crippen molar-refractivity contribution in [3.05, 3.63) is 53.9 Å². The predicted octanol–water partition coefficient (Wildman–Crippen LogP) is 3.70. The molecule has 4 nitrogen and oxygen atoms in total. The van der Waals surface area contributed by atoms with E-state index in [0.29, 0.717) is 5.56 Å². The van der Waals surface area contributed by atoms with E-state index in [1.807, 2.05) is 24.3 Å². The van der Waals surface area contributed by atoms with Crippen LogP contribution in [0.3, 0.4) is 0 Å². The number of hydrogen-bond donors (Lipinski definition) is 1.